The van der Waals surface area contributed by atoms with Gasteiger partial charge in [-0.05, 0) is 38.1 Å². The second kappa shape index (κ2) is 5.64. The number of carbonyl (C=O) groups is 1. The van der Waals surface area contributed by atoms with Crippen LogP contribution < -0.4 is 11.1 Å². The van der Waals surface area contributed by atoms with E-state index in [4.69, 9.17) is 10.5 Å². The number of nitrogens with one attached hydrogen (secondary N) is 1. The highest BCUT2D eigenvalue weighted by atomic mass is 16.5. The Kier molecular flexibility index (Phi) is 4.18. The molecule has 16 heavy (non-hydrogen) atoms. The highest BCUT2D eigenvalue weighted by Crippen LogP contribution is 2.30. The highest BCUT2D eigenvalue weighted by molar-refractivity contribution is 5.79. The molecule has 1 aliphatic heterocycles. The zero-order chi connectivity index (χ0) is 11.4. The van der Waals surface area contributed by atoms with Crippen molar-refractivity contribution in [3.8, 4) is 0 Å². The van der Waals surface area contributed by atoms with Gasteiger partial charge in [-0.3, -0.25) is 4.79 Å². The van der Waals surface area contributed by atoms with Gasteiger partial charge in [0, 0.05) is 19.1 Å². The number of hydrogen-bond acceptors (Lipinski definition) is 3. The Morgan fingerprint density at radius 2 is 2.19 bits per heavy atom. The molecule has 3 unspecified atom stereocenters. The van der Waals surface area contributed by atoms with Crippen molar-refractivity contribution in [2.45, 2.75) is 38.2 Å². The van der Waals surface area contributed by atoms with Gasteiger partial charge < -0.3 is 15.8 Å². The van der Waals surface area contributed by atoms with E-state index in [2.05, 4.69) is 5.32 Å². The molecule has 3 atom stereocenters. The maximum absolute atomic E-state index is 11.9. The number of amides is 1. The van der Waals surface area contributed by atoms with Crippen molar-refractivity contribution < 1.29 is 9.53 Å². The van der Waals surface area contributed by atoms with Crippen LogP contribution in [0, 0.1) is 11.8 Å². The first-order valence-electron chi connectivity index (χ1n) is 6.40. The molecule has 4 nitrogen and oxygen atoms in total. The molecule has 0 spiro atoms. The topological polar surface area (TPSA) is 64.4 Å². The van der Waals surface area contributed by atoms with Gasteiger partial charge in [-0.25, -0.2) is 0 Å². The van der Waals surface area contributed by atoms with Gasteiger partial charge >= 0.3 is 0 Å². The minimum Gasteiger partial charge on any atom is -0.376 e. The Balaban J connectivity index is 1.74. The maximum Gasteiger partial charge on any atom is 0.223 e. The van der Waals surface area contributed by atoms with E-state index in [0.29, 0.717) is 19.0 Å². The number of rotatable bonds is 4. The van der Waals surface area contributed by atoms with Crippen molar-refractivity contribution in [3.05, 3.63) is 0 Å². The van der Waals surface area contributed by atoms with Crippen LogP contribution >= 0.6 is 0 Å². The fraction of sp³-hybridized carbons (Fsp3) is 0.917. The smallest absolute Gasteiger partial charge is 0.223 e. The van der Waals surface area contributed by atoms with Crippen molar-refractivity contribution in [3.63, 3.8) is 0 Å². The molecule has 2 fully saturated rings. The van der Waals surface area contributed by atoms with Crippen LogP contribution in [0.25, 0.3) is 0 Å². The van der Waals surface area contributed by atoms with Crippen LogP contribution in [0.15, 0.2) is 0 Å². The van der Waals surface area contributed by atoms with Crippen molar-refractivity contribution in [1.82, 2.24) is 5.32 Å². The molecule has 2 aliphatic rings. The summed E-state index contributed by atoms with van der Waals surface area (Å²) >= 11 is 0. The van der Waals surface area contributed by atoms with Crippen LogP contribution in [-0.4, -0.2) is 31.7 Å². The first-order chi connectivity index (χ1) is 7.81. The molecule has 1 saturated carbocycles. The summed E-state index contributed by atoms with van der Waals surface area (Å²) in [6.07, 6.45) is 5.68. The fourth-order valence-electron chi connectivity index (χ4n) is 2.81. The van der Waals surface area contributed by atoms with Crippen LogP contribution in [0.2, 0.25) is 0 Å². The molecule has 0 aromatic carbocycles. The third-order valence-corrected chi connectivity index (χ3v) is 3.83. The highest BCUT2D eigenvalue weighted by Gasteiger charge is 2.32. The summed E-state index contributed by atoms with van der Waals surface area (Å²) in [7, 11) is 0. The molecule has 3 N–H and O–H groups in total. The minimum atomic E-state index is 0.145. The van der Waals surface area contributed by atoms with Crippen LogP contribution in [-0.2, 0) is 9.53 Å². The van der Waals surface area contributed by atoms with Gasteiger partial charge in [-0.1, -0.05) is 6.42 Å². The second-order valence-electron chi connectivity index (χ2n) is 4.91. The summed E-state index contributed by atoms with van der Waals surface area (Å²) in [6, 6.07) is 0. The molecular formula is C12H22N2O2. The normalized spacial score (nSPS) is 34.2. The standard InChI is InChI=1S/C12H22N2O2/c13-7-9-3-1-5-11(9)12(15)14-8-10-4-2-6-16-10/h9-11H,1-8,13H2,(H,14,15). The van der Waals surface area contributed by atoms with E-state index in [1.807, 2.05) is 0 Å². The molecule has 0 bridgehead atoms. The van der Waals surface area contributed by atoms with Gasteiger partial charge in [-0.15, -0.1) is 0 Å². The second-order valence-corrected chi connectivity index (χ2v) is 4.91. The lowest BCUT2D eigenvalue weighted by atomic mass is 9.95. The zero-order valence-corrected chi connectivity index (χ0v) is 9.78. The van der Waals surface area contributed by atoms with E-state index in [1.54, 1.807) is 0 Å². The zero-order valence-electron chi connectivity index (χ0n) is 9.78. The average Bonchev–Trinajstić information content (AvgIpc) is 2.96. The van der Waals surface area contributed by atoms with Gasteiger partial charge in [0.05, 0.1) is 6.10 Å². The molecule has 0 aromatic heterocycles. The molecule has 92 valence electrons. The van der Waals surface area contributed by atoms with E-state index in [9.17, 15) is 4.79 Å². The average molecular weight is 226 g/mol. The number of hydrogen-bond donors (Lipinski definition) is 2. The van der Waals surface area contributed by atoms with E-state index in [1.165, 1.54) is 0 Å². The third kappa shape index (κ3) is 2.74. The predicted molar refractivity (Wildman–Crippen MR) is 61.9 cm³/mol. The Morgan fingerprint density at radius 3 is 2.88 bits per heavy atom. The first kappa shape index (κ1) is 11.9. The SMILES string of the molecule is NCC1CCCC1C(=O)NCC1CCCO1. The van der Waals surface area contributed by atoms with E-state index in [-0.39, 0.29) is 17.9 Å². The van der Waals surface area contributed by atoms with Crippen molar-refractivity contribution in [2.24, 2.45) is 17.6 Å². The van der Waals surface area contributed by atoms with Crippen molar-refractivity contribution >= 4 is 5.91 Å². The fourth-order valence-corrected chi connectivity index (χ4v) is 2.81. The van der Waals surface area contributed by atoms with Crippen LogP contribution in [0.1, 0.15) is 32.1 Å². The minimum absolute atomic E-state index is 0.145. The van der Waals surface area contributed by atoms with Crippen LogP contribution in [0.4, 0.5) is 0 Å². The van der Waals surface area contributed by atoms with E-state index >= 15 is 0 Å². The van der Waals surface area contributed by atoms with Crippen molar-refractivity contribution in [2.75, 3.05) is 19.7 Å². The third-order valence-electron chi connectivity index (χ3n) is 3.83. The molecule has 1 saturated heterocycles. The summed E-state index contributed by atoms with van der Waals surface area (Å²) in [5, 5.41) is 3.01. The molecule has 1 amide bonds. The summed E-state index contributed by atoms with van der Waals surface area (Å²) in [4.78, 5) is 11.9. The van der Waals surface area contributed by atoms with Gasteiger partial charge in [0.1, 0.15) is 0 Å². The van der Waals surface area contributed by atoms with Gasteiger partial charge in [0.2, 0.25) is 5.91 Å². The van der Waals surface area contributed by atoms with Gasteiger partial charge in [-0.2, -0.15) is 0 Å². The Labute approximate surface area is 96.9 Å². The summed E-state index contributed by atoms with van der Waals surface area (Å²) in [5.74, 6) is 0.722. The molecular weight excluding hydrogens is 204 g/mol. The van der Waals surface area contributed by atoms with Crippen molar-refractivity contribution in [1.29, 1.82) is 0 Å². The predicted octanol–water partition coefficient (Wildman–Crippen LogP) is 0.657. The lowest BCUT2D eigenvalue weighted by Gasteiger charge is -2.18. The molecule has 4 heteroatoms. The van der Waals surface area contributed by atoms with E-state index < -0.39 is 0 Å². The van der Waals surface area contributed by atoms with Crippen LogP contribution in [0.5, 0.6) is 0 Å². The Hall–Kier alpha value is -0.610. The number of nitrogens with two attached hydrogens (primary N) is 1. The first-order valence-corrected chi connectivity index (χ1v) is 6.40. The molecule has 1 aliphatic carbocycles. The largest absolute Gasteiger partial charge is 0.376 e. The molecule has 2 rings (SSSR count). The van der Waals surface area contributed by atoms with E-state index in [0.717, 1.165) is 38.7 Å². The quantitative estimate of drug-likeness (QED) is 0.740. The number of ether oxygens (including phenoxy) is 1. The maximum atomic E-state index is 11.9. The molecule has 0 aromatic rings. The van der Waals surface area contributed by atoms with Gasteiger partial charge in [0.25, 0.3) is 0 Å². The molecule has 1 heterocycles. The Bertz CT molecular complexity index is 239. The molecule has 0 radical (unpaired) electrons. The summed E-state index contributed by atoms with van der Waals surface area (Å²) in [6.45, 7) is 2.15. The lowest BCUT2D eigenvalue weighted by molar-refractivity contribution is -0.126. The summed E-state index contributed by atoms with van der Waals surface area (Å²) in [5.41, 5.74) is 5.68. The van der Waals surface area contributed by atoms with Gasteiger partial charge in [0.15, 0.2) is 0 Å². The Morgan fingerprint density at radius 1 is 1.31 bits per heavy atom. The number of carbonyl (C=O) groups excluding carboxylic acids is 1. The summed E-state index contributed by atoms with van der Waals surface area (Å²) < 4.78 is 5.48. The lowest BCUT2D eigenvalue weighted by Crippen LogP contribution is -2.38. The monoisotopic (exact) mass is 226 g/mol. The van der Waals surface area contributed by atoms with Crippen LogP contribution in [0.3, 0.4) is 0 Å².